The molecular weight excluding hydrogens is 623 g/mol. The van der Waals surface area contributed by atoms with E-state index in [4.69, 9.17) is 19.4 Å². The van der Waals surface area contributed by atoms with Crippen LogP contribution in [0.15, 0.2) is 48.5 Å². The van der Waals surface area contributed by atoms with Crippen LogP contribution in [0.3, 0.4) is 0 Å². The zero-order chi connectivity index (χ0) is 33.8. The Labute approximate surface area is 278 Å². The third-order valence-electron chi connectivity index (χ3n) is 9.52. The maximum atomic E-state index is 14.2. The number of ether oxygens (including phenoxy) is 2. The van der Waals surface area contributed by atoms with Crippen LogP contribution in [0.25, 0.3) is 0 Å². The molecule has 0 spiro atoms. The van der Waals surface area contributed by atoms with Gasteiger partial charge in [-0.25, -0.2) is 4.79 Å². The molecule has 3 aliphatic heterocycles. The van der Waals surface area contributed by atoms with E-state index in [0.29, 0.717) is 50.7 Å². The van der Waals surface area contributed by atoms with Crippen LogP contribution in [0.5, 0.6) is 6.01 Å². The predicted octanol–water partition coefficient (Wildman–Crippen LogP) is 5.58. The van der Waals surface area contributed by atoms with E-state index in [-0.39, 0.29) is 42.9 Å². The maximum absolute atomic E-state index is 14.2. The minimum absolute atomic E-state index is 0.100. The third kappa shape index (κ3) is 7.28. The Morgan fingerprint density at radius 2 is 1.83 bits per heavy atom. The van der Waals surface area contributed by atoms with Gasteiger partial charge in [0.05, 0.1) is 36.3 Å². The van der Waals surface area contributed by atoms with Gasteiger partial charge in [0.25, 0.3) is 0 Å². The Balaban J connectivity index is 1.27. The fourth-order valence-corrected chi connectivity index (χ4v) is 6.94. The number of amides is 1. The summed E-state index contributed by atoms with van der Waals surface area (Å²) >= 11 is 0. The van der Waals surface area contributed by atoms with Crippen LogP contribution >= 0.6 is 0 Å². The van der Waals surface area contributed by atoms with E-state index < -0.39 is 23.9 Å². The molecule has 0 aliphatic carbocycles. The first-order chi connectivity index (χ1) is 23.1. The number of aromatic nitrogens is 2. The first-order valence-electron chi connectivity index (χ1n) is 16.4. The number of aryl methyl sites for hydroxylation is 1. The first-order valence-corrected chi connectivity index (χ1v) is 16.4. The molecule has 3 aromatic rings. The SMILES string of the molecule is Cc1cccc(N2CCc3c(nc(OCC4CCCN4C)nc3N3CCN(C(=O)OCc4ccccc4)[C@@H](CC#N)C3)C2)c1C(F)(F)F. The lowest BCUT2D eigenvalue weighted by Crippen LogP contribution is -2.55. The number of anilines is 2. The standard InChI is InChI=1S/C35H40F3N7O3/c1-24-8-6-12-30(31(24)35(36,37)38)43-17-14-28-29(21-43)40-33(47-23-27-11-7-16-42(27)2)41-32(28)44-18-19-45(26(20-44)13-15-39)34(46)48-22-25-9-4-3-5-10-25/h3-6,8-10,12,26-27H,7,11,13-14,16-23H2,1-2H3/t26-,27?/m0/s1. The van der Waals surface area contributed by atoms with Crippen molar-refractivity contribution in [3.8, 4) is 12.1 Å². The molecule has 2 saturated heterocycles. The van der Waals surface area contributed by atoms with Crippen molar-refractivity contribution in [2.45, 2.75) is 64.0 Å². The zero-order valence-electron chi connectivity index (χ0n) is 27.2. The highest BCUT2D eigenvalue weighted by molar-refractivity contribution is 5.69. The number of carbonyl (C=O) groups is 1. The van der Waals surface area contributed by atoms with E-state index in [2.05, 4.69) is 18.0 Å². The molecule has 0 radical (unpaired) electrons. The number of rotatable bonds is 8. The smallest absolute Gasteiger partial charge is 0.418 e. The van der Waals surface area contributed by atoms with Crippen molar-refractivity contribution < 1.29 is 27.4 Å². The van der Waals surface area contributed by atoms with Gasteiger partial charge in [-0.1, -0.05) is 42.5 Å². The molecule has 254 valence electrons. The number of fused-ring (bicyclic) bond motifs is 1. The molecule has 10 nitrogen and oxygen atoms in total. The van der Waals surface area contributed by atoms with E-state index in [0.717, 1.165) is 30.5 Å². The Morgan fingerprint density at radius 3 is 2.56 bits per heavy atom. The van der Waals surface area contributed by atoms with Crippen LogP contribution in [-0.2, 0) is 30.5 Å². The number of nitriles is 1. The molecule has 0 N–H and O–H groups in total. The number of likely N-dealkylation sites (N-methyl/N-ethyl adjacent to an activating group) is 1. The maximum Gasteiger partial charge on any atom is 0.418 e. The lowest BCUT2D eigenvalue weighted by atomic mass is 10.00. The average molecular weight is 664 g/mol. The first kappa shape index (κ1) is 33.3. The van der Waals surface area contributed by atoms with E-state index in [1.165, 1.54) is 19.1 Å². The number of likely N-dealkylation sites (tertiary alicyclic amines) is 1. The van der Waals surface area contributed by atoms with Gasteiger partial charge in [0.15, 0.2) is 0 Å². The molecule has 0 saturated carbocycles. The average Bonchev–Trinajstić information content (AvgIpc) is 3.49. The van der Waals surface area contributed by atoms with Crippen LogP contribution in [0.4, 0.5) is 29.5 Å². The van der Waals surface area contributed by atoms with Gasteiger partial charge >= 0.3 is 18.3 Å². The lowest BCUT2D eigenvalue weighted by Gasteiger charge is -2.42. The number of hydrogen-bond acceptors (Lipinski definition) is 9. The van der Waals surface area contributed by atoms with Crippen LogP contribution in [0, 0.1) is 18.3 Å². The molecule has 48 heavy (non-hydrogen) atoms. The van der Waals surface area contributed by atoms with Gasteiger partial charge in [-0.15, -0.1) is 0 Å². The number of piperazine rings is 1. The minimum atomic E-state index is -4.50. The second-order valence-electron chi connectivity index (χ2n) is 12.7. The number of benzene rings is 2. The third-order valence-corrected chi connectivity index (χ3v) is 9.52. The zero-order valence-corrected chi connectivity index (χ0v) is 27.2. The molecule has 3 aliphatic rings. The Kier molecular flexibility index (Phi) is 9.91. The summed E-state index contributed by atoms with van der Waals surface area (Å²) in [5.74, 6) is 0.634. The van der Waals surface area contributed by atoms with Gasteiger partial charge in [-0.05, 0) is 57.0 Å². The summed E-state index contributed by atoms with van der Waals surface area (Å²) in [7, 11) is 2.05. The van der Waals surface area contributed by atoms with E-state index in [1.54, 1.807) is 15.9 Å². The number of hydrogen-bond donors (Lipinski definition) is 0. The van der Waals surface area contributed by atoms with Crippen LogP contribution in [-0.4, -0.2) is 84.3 Å². The topological polar surface area (TPSA) is 98.1 Å². The highest BCUT2D eigenvalue weighted by Crippen LogP contribution is 2.41. The Morgan fingerprint density at radius 1 is 1.02 bits per heavy atom. The number of alkyl halides is 3. The molecule has 4 heterocycles. The van der Waals surface area contributed by atoms with E-state index in [1.807, 2.05) is 35.2 Å². The molecule has 1 amide bonds. The van der Waals surface area contributed by atoms with Gasteiger partial charge in [-0.3, -0.25) is 0 Å². The molecule has 1 aromatic heterocycles. The van der Waals surface area contributed by atoms with Crippen molar-refractivity contribution in [1.29, 1.82) is 5.26 Å². The van der Waals surface area contributed by atoms with Gasteiger partial charge in [-0.2, -0.15) is 28.4 Å². The van der Waals surface area contributed by atoms with Crippen molar-refractivity contribution >= 4 is 17.6 Å². The van der Waals surface area contributed by atoms with Crippen LogP contribution in [0.1, 0.15) is 47.2 Å². The highest BCUT2D eigenvalue weighted by atomic mass is 19.4. The molecule has 13 heteroatoms. The fourth-order valence-electron chi connectivity index (χ4n) is 6.94. The molecule has 6 rings (SSSR count). The normalized spacial score (nSPS) is 20.0. The summed E-state index contributed by atoms with van der Waals surface area (Å²) in [4.78, 5) is 30.4. The van der Waals surface area contributed by atoms with Crippen molar-refractivity contribution in [2.24, 2.45) is 0 Å². The summed E-state index contributed by atoms with van der Waals surface area (Å²) < 4.78 is 54.4. The monoisotopic (exact) mass is 663 g/mol. The lowest BCUT2D eigenvalue weighted by molar-refractivity contribution is -0.137. The molecule has 2 aromatic carbocycles. The summed E-state index contributed by atoms with van der Waals surface area (Å²) in [6.45, 7) is 4.56. The van der Waals surface area contributed by atoms with Crippen molar-refractivity contribution in [2.75, 3.05) is 56.2 Å². The number of nitrogens with zero attached hydrogens (tertiary/aromatic N) is 7. The Bertz CT molecular complexity index is 1650. The summed E-state index contributed by atoms with van der Waals surface area (Å²) in [6, 6.07) is 16.2. The van der Waals surface area contributed by atoms with Gasteiger partial charge < -0.3 is 29.1 Å². The van der Waals surface area contributed by atoms with Gasteiger partial charge in [0.2, 0.25) is 0 Å². The van der Waals surface area contributed by atoms with Crippen LogP contribution in [0.2, 0.25) is 0 Å². The minimum Gasteiger partial charge on any atom is -0.462 e. The van der Waals surface area contributed by atoms with Crippen molar-refractivity contribution in [3.05, 3.63) is 76.5 Å². The van der Waals surface area contributed by atoms with E-state index in [9.17, 15) is 23.2 Å². The molecule has 2 fully saturated rings. The van der Waals surface area contributed by atoms with Gasteiger partial charge in [0.1, 0.15) is 19.0 Å². The van der Waals surface area contributed by atoms with Crippen LogP contribution < -0.4 is 14.5 Å². The number of carbonyl (C=O) groups excluding carboxylic acids is 1. The largest absolute Gasteiger partial charge is 0.462 e. The highest BCUT2D eigenvalue weighted by Gasteiger charge is 2.39. The summed E-state index contributed by atoms with van der Waals surface area (Å²) in [5.41, 5.74) is 1.97. The molecular formula is C35H40F3N7O3. The van der Waals surface area contributed by atoms with E-state index >= 15 is 0 Å². The Hall–Kier alpha value is -4.57. The van der Waals surface area contributed by atoms with Crippen molar-refractivity contribution in [1.82, 2.24) is 19.8 Å². The predicted molar refractivity (Wildman–Crippen MR) is 174 cm³/mol. The number of halogens is 3. The quantitative estimate of drug-likeness (QED) is 0.306. The summed E-state index contributed by atoms with van der Waals surface area (Å²) in [5, 5.41) is 9.67. The summed E-state index contributed by atoms with van der Waals surface area (Å²) in [6.07, 6.45) is -2.40. The fraction of sp³-hybridized carbons (Fsp3) is 0.486. The molecule has 2 atom stereocenters. The second kappa shape index (κ2) is 14.3. The molecule has 1 unspecified atom stereocenters. The van der Waals surface area contributed by atoms with Crippen molar-refractivity contribution in [3.63, 3.8) is 0 Å². The second-order valence-corrected chi connectivity index (χ2v) is 12.7. The molecule has 0 bridgehead atoms. The van der Waals surface area contributed by atoms with Gasteiger partial charge in [0, 0.05) is 43.5 Å².